The SMILES string of the molecule is Cn1c(S(C)=O)nc(-c2ccc(F)cc2)c1-c1ccnc(NC2CCOCC2)c1. The topological polar surface area (TPSA) is 69.0 Å². The Hall–Kier alpha value is -2.58. The summed E-state index contributed by atoms with van der Waals surface area (Å²) in [4.78, 5) is 9.07. The van der Waals surface area contributed by atoms with Crippen molar-refractivity contribution in [3.05, 3.63) is 48.4 Å². The predicted octanol–water partition coefficient (Wildman–Crippen LogP) is 3.62. The molecule has 152 valence electrons. The molecule has 0 saturated carbocycles. The number of ether oxygens (including phenoxy) is 1. The highest BCUT2D eigenvalue weighted by molar-refractivity contribution is 7.84. The minimum atomic E-state index is -1.26. The minimum absolute atomic E-state index is 0.308. The maximum atomic E-state index is 13.4. The monoisotopic (exact) mass is 414 g/mol. The van der Waals surface area contributed by atoms with Gasteiger partial charge < -0.3 is 14.6 Å². The average molecular weight is 415 g/mol. The van der Waals surface area contributed by atoms with Gasteiger partial charge >= 0.3 is 0 Å². The number of benzene rings is 1. The molecular weight excluding hydrogens is 391 g/mol. The van der Waals surface area contributed by atoms with Crippen molar-refractivity contribution in [1.82, 2.24) is 14.5 Å². The van der Waals surface area contributed by atoms with E-state index >= 15 is 0 Å². The molecule has 0 spiro atoms. The van der Waals surface area contributed by atoms with E-state index in [0.717, 1.165) is 48.7 Å². The number of halogens is 1. The Morgan fingerprint density at radius 2 is 1.90 bits per heavy atom. The molecule has 1 N–H and O–H groups in total. The maximum absolute atomic E-state index is 13.4. The molecule has 0 radical (unpaired) electrons. The van der Waals surface area contributed by atoms with E-state index in [4.69, 9.17) is 4.74 Å². The van der Waals surface area contributed by atoms with E-state index in [1.807, 2.05) is 23.7 Å². The number of nitrogens with zero attached hydrogens (tertiary/aromatic N) is 3. The summed E-state index contributed by atoms with van der Waals surface area (Å²) in [7, 11) is 0.585. The highest BCUT2D eigenvalue weighted by Crippen LogP contribution is 2.34. The number of hydrogen-bond donors (Lipinski definition) is 1. The third-order valence-electron chi connectivity index (χ3n) is 5.04. The molecule has 0 bridgehead atoms. The van der Waals surface area contributed by atoms with Gasteiger partial charge in [-0.2, -0.15) is 0 Å². The molecule has 3 aromatic rings. The van der Waals surface area contributed by atoms with Gasteiger partial charge in [-0.25, -0.2) is 14.4 Å². The van der Waals surface area contributed by atoms with Gasteiger partial charge in [-0.3, -0.25) is 4.21 Å². The first-order chi connectivity index (χ1) is 14.0. The van der Waals surface area contributed by atoms with Crippen molar-refractivity contribution < 1.29 is 13.3 Å². The van der Waals surface area contributed by atoms with Crippen molar-refractivity contribution in [2.24, 2.45) is 7.05 Å². The van der Waals surface area contributed by atoms with Gasteiger partial charge in [-0.1, -0.05) is 0 Å². The molecule has 1 unspecified atom stereocenters. The molecule has 1 fully saturated rings. The van der Waals surface area contributed by atoms with Gasteiger partial charge in [0.2, 0.25) is 0 Å². The lowest BCUT2D eigenvalue weighted by atomic mass is 10.0. The summed E-state index contributed by atoms with van der Waals surface area (Å²) in [6, 6.07) is 10.4. The van der Waals surface area contributed by atoms with Gasteiger partial charge in [-0.05, 0) is 49.2 Å². The third kappa shape index (κ3) is 4.23. The predicted molar refractivity (Wildman–Crippen MR) is 112 cm³/mol. The molecule has 4 rings (SSSR count). The van der Waals surface area contributed by atoms with Crippen LogP contribution < -0.4 is 5.32 Å². The highest BCUT2D eigenvalue weighted by atomic mass is 32.2. The van der Waals surface area contributed by atoms with E-state index in [-0.39, 0.29) is 5.82 Å². The molecule has 0 aliphatic carbocycles. The smallest absolute Gasteiger partial charge is 0.199 e. The highest BCUT2D eigenvalue weighted by Gasteiger charge is 2.21. The zero-order chi connectivity index (χ0) is 20.4. The molecule has 0 amide bonds. The fourth-order valence-corrected chi connectivity index (χ4v) is 4.28. The van der Waals surface area contributed by atoms with E-state index in [1.54, 1.807) is 24.6 Å². The number of pyridine rings is 1. The maximum Gasteiger partial charge on any atom is 0.199 e. The van der Waals surface area contributed by atoms with Crippen LogP contribution >= 0.6 is 0 Å². The van der Waals surface area contributed by atoms with Crippen LogP contribution in [-0.4, -0.2) is 44.3 Å². The van der Waals surface area contributed by atoms with E-state index in [0.29, 0.717) is 16.9 Å². The van der Waals surface area contributed by atoms with Gasteiger partial charge in [0.25, 0.3) is 0 Å². The van der Waals surface area contributed by atoms with Crippen LogP contribution in [-0.2, 0) is 22.6 Å². The van der Waals surface area contributed by atoms with Crippen molar-refractivity contribution in [3.8, 4) is 22.5 Å². The quantitative estimate of drug-likeness (QED) is 0.691. The lowest BCUT2D eigenvalue weighted by molar-refractivity contribution is 0.0904. The number of imidazole rings is 1. The summed E-state index contributed by atoms with van der Waals surface area (Å²) in [6.07, 6.45) is 5.24. The first-order valence-electron chi connectivity index (χ1n) is 9.49. The van der Waals surface area contributed by atoms with E-state index in [2.05, 4.69) is 15.3 Å². The second-order valence-electron chi connectivity index (χ2n) is 7.07. The summed E-state index contributed by atoms with van der Waals surface area (Å²) in [6.45, 7) is 1.50. The number of aromatic nitrogens is 3. The van der Waals surface area contributed by atoms with Gasteiger partial charge in [0.1, 0.15) is 11.6 Å². The molecule has 1 saturated heterocycles. The van der Waals surface area contributed by atoms with Gasteiger partial charge in [0, 0.05) is 49.9 Å². The lowest BCUT2D eigenvalue weighted by Crippen LogP contribution is -2.28. The van der Waals surface area contributed by atoms with Crippen LogP contribution in [0.3, 0.4) is 0 Å². The van der Waals surface area contributed by atoms with Crippen LogP contribution in [0.4, 0.5) is 10.2 Å². The molecule has 8 heteroatoms. The Labute approximate surface area is 171 Å². The van der Waals surface area contributed by atoms with E-state index < -0.39 is 10.8 Å². The van der Waals surface area contributed by atoms with Crippen LogP contribution in [0, 0.1) is 5.82 Å². The summed E-state index contributed by atoms with van der Waals surface area (Å²) in [5.41, 5.74) is 3.16. The first-order valence-corrected chi connectivity index (χ1v) is 11.1. The zero-order valence-electron chi connectivity index (χ0n) is 16.4. The standard InChI is InChI=1S/C21H23FN4O2S/c1-26-20(15-7-10-23-18(13-15)24-17-8-11-28-12-9-17)19(25-21(26)29(2)27)14-3-5-16(22)6-4-14/h3-7,10,13,17H,8-9,11-12H2,1-2H3,(H,23,24). The number of hydrogen-bond acceptors (Lipinski definition) is 5. The molecule has 1 aliphatic rings. The molecular formula is C21H23FN4O2S. The fraction of sp³-hybridized carbons (Fsp3) is 0.333. The zero-order valence-corrected chi connectivity index (χ0v) is 17.2. The third-order valence-corrected chi connectivity index (χ3v) is 5.91. The molecule has 29 heavy (non-hydrogen) atoms. The Balaban J connectivity index is 1.76. The lowest BCUT2D eigenvalue weighted by Gasteiger charge is -2.23. The van der Waals surface area contributed by atoms with Crippen molar-refractivity contribution in [3.63, 3.8) is 0 Å². The van der Waals surface area contributed by atoms with Crippen LogP contribution in [0.15, 0.2) is 47.8 Å². The average Bonchev–Trinajstić information content (AvgIpc) is 3.07. The Bertz CT molecular complexity index is 1030. The molecule has 1 aromatic carbocycles. The van der Waals surface area contributed by atoms with Crippen LogP contribution in [0.25, 0.3) is 22.5 Å². The van der Waals surface area contributed by atoms with E-state index in [1.165, 1.54) is 12.1 Å². The fourth-order valence-electron chi connectivity index (χ4n) is 3.58. The molecule has 1 atom stereocenters. The van der Waals surface area contributed by atoms with Crippen LogP contribution in [0.1, 0.15) is 12.8 Å². The van der Waals surface area contributed by atoms with Crippen molar-refractivity contribution >= 4 is 16.6 Å². The second kappa shape index (κ2) is 8.42. The van der Waals surface area contributed by atoms with Crippen LogP contribution in [0.5, 0.6) is 0 Å². The largest absolute Gasteiger partial charge is 0.381 e. The Morgan fingerprint density at radius 1 is 1.17 bits per heavy atom. The second-order valence-corrected chi connectivity index (χ2v) is 8.35. The summed E-state index contributed by atoms with van der Waals surface area (Å²) in [5.74, 6) is 0.470. The van der Waals surface area contributed by atoms with Crippen LogP contribution in [0.2, 0.25) is 0 Å². The first kappa shape index (κ1) is 19.7. The molecule has 3 heterocycles. The minimum Gasteiger partial charge on any atom is -0.381 e. The number of nitrogens with one attached hydrogen (secondary N) is 1. The summed E-state index contributed by atoms with van der Waals surface area (Å²) in [5, 5.41) is 3.94. The summed E-state index contributed by atoms with van der Waals surface area (Å²) < 4.78 is 32.9. The Morgan fingerprint density at radius 3 is 2.59 bits per heavy atom. The number of rotatable bonds is 5. The van der Waals surface area contributed by atoms with Gasteiger partial charge in [0.05, 0.1) is 22.2 Å². The van der Waals surface area contributed by atoms with E-state index in [9.17, 15) is 8.60 Å². The molecule has 6 nitrogen and oxygen atoms in total. The van der Waals surface area contributed by atoms with Crippen molar-refractivity contribution in [1.29, 1.82) is 0 Å². The molecule has 1 aliphatic heterocycles. The number of anilines is 1. The van der Waals surface area contributed by atoms with Crippen molar-refractivity contribution in [2.45, 2.75) is 24.0 Å². The van der Waals surface area contributed by atoms with Crippen molar-refractivity contribution in [2.75, 3.05) is 24.8 Å². The molecule has 2 aromatic heterocycles. The normalized spacial score (nSPS) is 16.0. The Kier molecular flexibility index (Phi) is 5.73. The summed E-state index contributed by atoms with van der Waals surface area (Å²) >= 11 is 0. The van der Waals surface area contributed by atoms with Gasteiger partial charge in [-0.15, -0.1) is 0 Å². The van der Waals surface area contributed by atoms with Gasteiger partial charge in [0.15, 0.2) is 5.16 Å².